The van der Waals surface area contributed by atoms with E-state index in [1.54, 1.807) is 26.0 Å². The smallest absolute Gasteiger partial charge is 0.242 e. The Balaban J connectivity index is 2.86. The monoisotopic (exact) mass is 299 g/mol. The highest BCUT2D eigenvalue weighted by Crippen LogP contribution is 2.17. The van der Waals surface area contributed by atoms with Crippen molar-refractivity contribution in [2.45, 2.75) is 24.8 Å². The quantitative estimate of drug-likeness (QED) is 0.843. The Kier molecular flexibility index (Phi) is 5.27. The number of nitrogens with zero attached hydrogens (tertiary/aromatic N) is 1. The molecule has 0 fully saturated rings. The van der Waals surface area contributed by atoms with Gasteiger partial charge in [0.15, 0.2) is 0 Å². The Morgan fingerprint density at radius 1 is 1.20 bits per heavy atom. The molecule has 0 aliphatic rings. The Morgan fingerprint density at radius 2 is 1.70 bits per heavy atom. The van der Waals surface area contributed by atoms with Gasteiger partial charge in [0.25, 0.3) is 0 Å². The zero-order chi connectivity index (χ0) is 15.5. The fourth-order valence-electron chi connectivity index (χ4n) is 1.42. The van der Waals surface area contributed by atoms with Crippen molar-refractivity contribution < 1.29 is 13.2 Å². The third-order valence-corrected chi connectivity index (χ3v) is 4.93. The molecule has 1 aromatic carbocycles. The molecule has 0 heterocycles. The maximum absolute atomic E-state index is 11.9. The average Bonchev–Trinajstić information content (AvgIpc) is 2.38. The van der Waals surface area contributed by atoms with Gasteiger partial charge in [-0.05, 0) is 31.2 Å². The van der Waals surface area contributed by atoms with E-state index in [1.165, 1.54) is 26.2 Å². The van der Waals surface area contributed by atoms with E-state index < -0.39 is 10.0 Å². The van der Waals surface area contributed by atoms with Gasteiger partial charge in [-0.2, -0.15) is 0 Å². The van der Waals surface area contributed by atoms with Crippen molar-refractivity contribution in [3.63, 3.8) is 0 Å². The zero-order valence-electron chi connectivity index (χ0n) is 12.1. The molecule has 0 aliphatic carbocycles. The topological polar surface area (TPSA) is 92.5 Å². The summed E-state index contributed by atoms with van der Waals surface area (Å²) >= 11 is 0. The Morgan fingerprint density at radius 3 is 2.10 bits per heavy atom. The minimum atomic E-state index is -3.45. The van der Waals surface area contributed by atoms with Gasteiger partial charge < -0.3 is 11.1 Å². The Bertz CT molecular complexity index is 565. The normalized spacial score (nSPS) is 14.9. The van der Waals surface area contributed by atoms with Crippen LogP contribution < -0.4 is 11.1 Å². The summed E-state index contributed by atoms with van der Waals surface area (Å²) in [6, 6.07) is 5.79. The lowest BCUT2D eigenvalue weighted by Gasteiger charge is -2.16. The van der Waals surface area contributed by atoms with Crippen molar-refractivity contribution in [2.75, 3.05) is 19.4 Å². The molecule has 7 heteroatoms. The number of carbonyl (C=O) groups is 1. The van der Waals surface area contributed by atoms with Crippen LogP contribution in [0.25, 0.3) is 0 Å². The highest BCUT2D eigenvalue weighted by Gasteiger charge is 2.19. The van der Waals surface area contributed by atoms with E-state index in [4.69, 9.17) is 5.73 Å². The van der Waals surface area contributed by atoms with Gasteiger partial charge in [-0.25, -0.2) is 12.7 Å². The second-order valence-corrected chi connectivity index (χ2v) is 7.10. The van der Waals surface area contributed by atoms with Crippen LogP contribution in [0.4, 0.5) is 5.69 Å². The Labute approximate surface area is 120 Å². The molecule has 20 heavy (non-hydrogen) atoms. The summed E-state index contributed by atoms with van der Waals surface area (Å²) in [5.41, 5.74) is 6.20. The van der Waals surface area contributed by atoms with E-state index >= 15 is 0 Å². The van der Waals surface area contributed by atoms with Crippen LogP contribution in [0, 0.1) is 5.92 Å². The molecule has 2 unspecified atom stereocenters. The minimum absolute atomic E-state index is 0.181. The van der Waals surface area contributed by atoms with Crippen molar-refractivity contribution in [1.29, 1.82) is 0 Å². The van der Waals surface area contributed by atoms with Gasteiger partial charge in [0.2, 0.25) is 15.9 Å². The average molecular weight is 299 g/mol. The molecule has 0 saturated carbocycles. The minimum Gasteiger partial charge on any atom is -0.327 e. The van der Waals surface area contributed by atoms with Crippen LogP contribution in [-0.2, 0) is 14.8 Å². The number of anilines is 1. The summed E-state index contributed by atoms with van der Waals surface area (Å²) in [7, 11) is -0.516. The van der Waals surface area contributed by atoms with Gasteiger partial charge in [-0.15, -0.1) is 0 Å². The summed E-state index contributed by atoms with van der Waals surface area (Å²) in [6.45, 7) is 3.50. The number of carbonyl (C=O) groups excluding carboxylic acids is 1. The van der Waals surface area contributed by atoms with E-state index in [0.29, 0.717) is 5.69 Å². The van der Waals surface area contributed by atoms with Crippen molar-refractivity contribution in [2.24, 2.45) is 11.7 Å². The summed E-state index contributed by atoms with van der Waals surface area (Å²) in [4.78, 5) is 12.0. The van der Waals surface area contributed by atoms with Gasteiger partial charge in [-0.3, -0.25) is 4.79 Å². The van der Waals surface area contributed by atoms with Gasteiger partial charge in [0.1, 0.15) is 0 Å². The molecular weight excluding hydrogens is 278 g/mol. The zero-order valence-corrected chi connectivity index (χ0v) is 12.9. The maximum Gasteiger partial charge on any atom is 0.242 e. The summed E-state index contributed by atoms with van der Waals surface area (Å²) in [5.74, 6) is -0.511. The standard InChI is InChI=1S/C13H21N3O3S/c1-9(10(2)14)13(17)15-11-5-7-12(8-6-11)20(18,19)16(3)4/h5-10H,14H2,1-4H3,(H,15,17). The first-order valence-electron chi connectivity index (χ1n) is 6.25. The molecular formula is C13H21N3O3S. The Hall–Kier alpha value is -1.44. The van der Waals surface area contributed by atoms with E-state index in [-0.39, 0.29) is 22.8 Å². The molecule has 1 amide bonds. The first-order valence-corrected chi connectivity index (χ1v) is 7.69. The lowest BCUT2D eigenvalue weighted by Crippen LogP contribution is -2.34. The second-order valence-electron chi connectivity index (χ2n) is 4.95. The largest absolute Gasteiger partial charge is 0.327 e. The second kappa shape index (κ2) is 6.34. The number of hydrogen-bond acceptors (Lipinski definition) is 4. The molecule has 2 atom stereocenters. The molecule has 0 aliphatic heterocycles. The number of hydrogen-bond donors (Lipinski definition) is 2. The first-order chi connectivity index (χ1) is 9.16. The molecule has 0 spiro atoms. The van der Waals surface area contributed by atoms with Crippen molar-refractivity contribution in [3.8, 4) is 0 Å². The molecule has 0 bridgehead atoms. The molecule has 1 aromatic rings. The number of sulfonamides is 1. The van der Waals surface area contributed by atoms with Gasteiger partial charge in [0, 0.05) is 25.8 Å². The number of rotatable bonds is 5. The molecule has 6 nitrogen and oxygen atoms in total. The SMILES string of the molecule is CC(N)C(C)C(=O)Nc1ccc(S(=O)(=O)N(C)C)cc1. The third kappa shape index (κ3) is 3.78. The summed E-state index contributed by atoms with van der Waals surface area (Å²) in [5, 5.41) is 2.70. The van der Waals surface area contributed by atoms with Crippen LogP contribution in [0.3, 0.4) is 0 Å². The molecule has 0 saturated heterocycles. The summed E-state index contributed by atoms with van der Waals surface area (Å²) in [6.07, 6.45) is 0. The maximum atomic E-state index is 11.9. The molecule has 0 aromatic heterocycles. The van der Waals surface area contributed by atoms with E-state index in [1.807, 2.05) is 0 Å². The van der Waals surface area contributed by atoms with Gasteiger partial charge in [-0.1, -0.05) is 6.92 Å². The number of nitrogens with one attached hydrogen (secondary N) is 1. The van der Waals surface area contributed by atoms with Gasteiger partial charge in [0.05, 0.1) is 10.8 Å². The number of nitrogens with two attached hydrogens (primary N) is 1. The fourth-order valence-corrected chi connectivity index (χ4v) is 2.32. The van der Waals surface area contributed by atoms with Gasteiger partial charge >= 0.3 is 0 Å². The van der Waals surface area contributed by atoms with Crippen LogP contribution in [-0.4, -0.2) is 38.8 Å². The lowest BCUT2D eigenvalue weighted by atomic mass is 10.0. The molecule has 1 rings (SSSR count). The van der Waals surface area contributed by atoms with Crippen molar-refractivity contribution >= 4 is 21.6 Å². The molecule has 112 valence electrons. The highest BCUT2D eigenvalue weighted by atomic mass is 32.2. The number of benzene rings is 1. The lowest BCUT2D eigenvalue weighted by molar-refractivity contribution is -0.119. The predicted octanol–water partition coefficient (Wildman–Crippen LogP) is 0.859. The van der Waals surface area contributed by atoms with Crippen molar-refractivity contribution in [3.05, 3.63) is 24.3 Å². The first kappa shape index (κ1) is 16.6. The summed E-state index contributed by atoms with van der Waals surface area (Å²) < 4.78 is 24.9. The van der Waals surface area contributed by atoms with Crippen LogP contribution in [0.1, 0.15) is 13.8 Å². The van der Waals surface area contributed by atoms with Crippen molar-refractivity contribution in [1.82, 2.24) is 4.31 Å². The van der Waals surface area contributed by atoms with Crippen LogP contribution >= 0.6 is 0 Å². The predicted molar refractivity (Wildman–Crippen MR) is 78.8 cm³/mol. The third-order valence-electron chi connectivity index (χ3n) is 3.10. The number of amides is 1. The highest BCUT2D eigenvalue weighted by molar-refractivity contribution is 7.89. The van der Waals surface area contributed by atoms with Crippen LogP contribution in [0.15, 0.2) is 29.2 Å². The van der Waals surface area contributed by atoms with Crippen LogP contribution in [0.5, 0.6) is 0 Å². The van der Waals surface area contributed by atoms with Crippen LogP contribution in [0.2, 0.25) is 0 Å². The van der Waals surface area contributed by atoms with E-state index in [2.05, 4.69) is 5.32 Å². The van der Waals surface area contributed by atoms with E-state index in [0.717, 1.165) is 4.31 Å². The van der Waals surface area contributed by atoms with E-state index in [9.17, 15) is 13.2 Å². The fraction of sp³-hybridized carbons (Fsp3) is 0.462. The molecule has 3 N–H and O–H groups in total. The molecule has 0 radical (unpaired) electrons.